The molecule has 0 aromatic heterocycles. The van der Waals surface area contributed by atoms with Gasteiger partial charge < -0.3 is 10.2 Å². The monoisotopic (exact) mass is 1090 g/mol. The Kier molecular flexibility index (Phi) is 24.1. The molecule has 15 heteroatoms. The molecule has 1 N–H and O–H groups in total. The molecule has 1 aliphatic carbocycles. The lowest BCUT2D eigenvalue weighted by Crippen LogP contribution is -2.55. The number of aryl methyl sites for hydroxylation is 1. The molecular formula is C66H23F6N7S2. The Hall–Kier alpha value is -12.5. The van der Waals surface area contributed by atoms with E-state index in [9.17, 15) is 26.3 Å². The maximum Gasteiger partial charge on any atom is 0.417 e. The van der Waals surface area contributed by atoms with Crippen LogP contribution in [0.25, 0.3) is 4.85 Å². The van der Waals surface area contributed by atoms with Gasteiger partial charge in [-0.25, -0.2) is 9.84 Å². The van der Waals surface area contributed by atoms with Crippen LogP contribution in [0.5, 0.6) is 0 Å². The largest absolute Gasteiger partial charge is 0.417 e. The second-order valence-corrected chi connectivity index (χ2v) is 15.5. The molecule has 0 atom stereocenters. The van der Waals surface area contributed by atoms with Crippen molar-refractivity contribution in [1.29, 1.82) is 10.5 Å². The molecule has 7 nitrogen and oxygen atoms in total. The molecule has 5 rings (SSSR count). The molecule has 1 aliphatic heterocycles. The summed E-state index contributed by atoms with van der Waals surface area (Å²) in [7, 11) is 0. The van der Waals surface area contributed by atoms with Crippen LogP contribution in [0.1, 0.15) is 48.4 Å². The van der Waals surface area contributed by atoms with E-state index in [1.54, 1.807) is 13.0 Å². The molecule has 1 spiro atoms. The van der Waals surface area contributed by atoms with Crippen LogP contribution in [0.2, 0.25) is 0 Å². The van der Waals surface area contributed by atoms with Crippen molar-refractivity contribution in [3.8, 4) is 213 Å². The topological polar surface area (TPSA) is 82.8 Å². The fourth-order valence-corrected chi connectivity index (χ4v) is 7.00. The first-order valence-electron chi connectivity index (χ1n) is 22.2. The van der Waals surface area contributed by atoms with Gasteiger partial charge in [0, 0.05) is 165 Å². The quantitative estimate of drug-likeness (QED) is 0.121. The number of nitriles is 2. The summed E-state index contributed by atoms with van der Waals surface area (Å²) in [5.74, 6) is 84.2. The number of rotatable bonds is 3. The van der Waals surface area contributed by atoms with Gasteiger partial charge in [-0.1, -0.05) is 29.7 Å². The van der Waals surface area contributed by atoms with Gasteiger partial charge in [-0.2, -0.15) is 36.9 Å². The first kappa shape index (κ1) is 61.0. The van der Waals surface area contributed by atoms with E-state index in [2.05, 4.69) is 216 Å². The van der Waals surface area contributed by atoms with Crippen LogP contribution in [-0.2, 0) is 12.4 Å². The summed E-state index contributed by atoms with van der Waals surface area (Å²) in [6, 6.07) is 16.7. The van der Waals surface area contributed by atoms with Crippen LogP contribution in [0.3, 0.4) is 0 Å². The van der Waals surface area contributed by atoms with Gasteiger partial charge >= 0.3 is 12.4 Å². The molecule has 376 valence electrons. The van der Waals surface area contributed by atoms with Gasteiger partial charge in [0.15, 0.2) is 22.0 Å². The molecule has 0 unspecified atom stereocenters. The summed E-state index contributed by atoms with van der Waals surface area (Å²) in [4.78, 5) is 10.7. The van der Waals surface area contributed by atoms with Crippen molar-refractivity contribution >= 4 is 63.2 Å². The van der Waals surface area contributed by atoms with Crippen molar-refractivity contribution in [1.82, 2.24) is 0 Å². The number of aliphatic imine (C=N–C) groups is 1. The zero-order valence-corrected chi connectivity index (χ0v) is 43.3. The summed E-state index contributed by atoms with van der Waals surface area (Å²) >= 11 is 11.3. The van der Waals surface area contributed by atoms with Crippen molar-refractivity contribution in [3.63, 3.8) is 0 Å². The van der Waals surface area contributed by atoms with Crippen molar-refractivity contribution in [2.45, 2.75) is 51.0 Å². The lowest BCUT2D eigenvalue weighted by molar-refractivity contribution is -0.138. The van der Waals surface area contributed by atoms with E-state index in [4.69, 9.17) is 41.5 Å². The van der Waals surface area contributed by atoms with Gasteiger partial charge in [0.05, 0.1) is 29.3 Å². The number of hydrogen-bond donors (Lipinski definition) is 1. The van der Waals surface area contributed by atoms with Crippen LogP contribution in [0, 0.1) is 237 Å². The summed E-state index contributed by atoms with van der Waals surface area (Å²) in [6.45, 7) is 10.8. The minimum Gasteiger partial charge on any atom is -0.331 e. The summed E-state index contributed by atoms with van der Waals surface area (Å²) in [5, 5.41) is 19.8. The Morgan fingerprint density at radius 2 is 0.988 bits per heavy atom. The van der Waals surface area contributed by atoms with Crippen LogP contribution >= 0.6 is 24.4 Å². The van der Waals surface area contributed by atoms with Gasteiger partial charge in [-0.3, -0.25) is 4.90 Å². The van der Waals surface area contributed by atoms with Crippen LogP contribution < -0.4 is 15.1 Å². The number of amidine groups is 1. The van der Waals surface area contributed by atoms with Crippen LogP contribution in [-0.4, -0.2) is 21.6 Å². The molecule has 2 fully saturated rings. The summed E-state index contributed by atoms with van der Waals surface area (Å²) in [5.41, 5.74) is -2.82. The lowest BCUT2D eigenvalue weighted by atomic mass is 9.74. The minimum absolute atomic E-state index is 0.00473. The number of nitrogens with one attached hydrogen (secondary N) is 1. The molecule has 1 heterocycles. The van der Waals surface area contributed by atoms with Crippen molar-refractivity contribution in [2.24, 2.45) is 4.99 Å². The number of hydrogen-bond acceptors (Lipinski definition) is 4. The Morgan fingerprint density at radius 3 is 1.35 bits per heavy atom. The Morgan fingerprint density at radius 1 is 0.580 bits per heavy atom. The highest BCUT2D eigenvalue weighted by atomic mass is 32.1. The fourth-order valence-electron chi connectivity index (χ4n) is 6.33. The molecule has 81 heavy (non-hydrogen) atoms. The van der Waals surface area contributed by atoms with E-state index in [1.165, 1.54) is 23.1 Å². The maximum atomic E-state index is 14.0. The third kappa shape index (κ3) is 19.6. The van der Waals surface area contributed by atoms with Gasteiger partial charge in [-0.15, -0.1) is 0 Å². The maximum absolute atomic E-state index is 14.0. The lowest BCUT2D eigenvalue weighted by Gasteiger charge is -2.44. The van der Waals surface area contributed by atoms with E-state index >= 15 is 0 Å². The van der Waals surface area contributed by atoms with Gasteiger partial charge in [0.25, 0.3) is 0 Å². The van der Waals surface area contributed by atoms with E-state index in [-0.39, 0.29) is 27.4 Å². The van der Waals surface area contributed by atoms with E-state index in [0.29, 0.717) is 18.5 Å². The SMILES string of the molecule is CC#CC#CC#CC#CC#CC#CC#CC#CC#CC#CC#CC#CC#CC#CC#CC#CC#CC#N.[C-]#[N+]c1ccc(N2C(=S)N(c3ccc(C)cc3)C3(CCC3)C2=NC(=S)Nc2ccc(C#N)c(C(F)(F)F)c2)cc1C(F)(F)F. The molecule has 0 radical (unpaired) electrons. The highest BCUT2D eigenvalue weighted by Gasteiger charge is 2.58. The van der Waals surface area contributed by atoms with E-state index in [1.807, 2.05) is 36.1 Å². The average Bonchev–Trinajstić information content (AvgIpc) is 3.38. The van der Waals surface area contributed by atoms with Crippen molar-refractivity contribution in [2.75, 3.05) is 15.1 Å². The number of thiocarbonyl (C=S) groups is 2. The molecule has 0 amide bonds. The number of nitrogens with zero attached hydrogens (tertiary/aromatic N) is 6. The normalized spacial score (nSPS) is 11.0. The molecule has 1 saturated heterocycles. The third-order valence-corrected chi connectivity index (χ3v) is 10.2. The number of anilines is 3. The highest BCUT2D eigenvalue weighted by molar-refractivity contribution is 7.81. The first-order chi connectivity index (χ1) is 39.1. The number of halogens is 6. The standard InChI is InChI=1S/C36H3N.C30H20F6N6S2/c1-2-3-4-5-6-7-8-9-10-11-12-13-14-15-16-17-18-19-20-21-22-23-24-25-26-27-28-29-30-31-32-33-34-35-36-37;1-17-4-8-20(9-5-17)42-27(44)41(21-10-11-24(38-2)23(15-21)30(34,35)36)25(28(42)12-3-13-28)40-26(43)39-19-7-6-18(16-37)22(14-19)29(31,32)33/h1H3;4-11,14-15H,3,12-13H2,1H3,(H,39,43). The second-order valence-electron chi connectivity index (χ2n) is 14.7. The predicted molar refractivity (Wildman–Crippen MR) is 306 cm³/mol. The zero-order chi connectivity index (χ0) is 58.8. The van der Waals surface area contributed by atoms with Crippen LogP contribution in [0.4, 0.5) is 49.1 Å². The van der Waals surface area contributed by atoms with E-state index in [0.717, 1.165) is 36.2 Å². The van der Waals surface area contributed by atoms with Gasteiger partial charge in [0.1, 0.15) is 11.4 Å². The zero-order valence-electron chi connectivity index (χ0n) is 41.7. The summed E-state index contributed by atoms with van der Waals surface area (Å²) < 4.78 is 82.5. The average molecular weight is 1090 g/mol. The molecule has 3 aromatic rings. The Labute approximate surface area is 476 Å². The molecule has 0 bridgehead atoms. The smallest absolute Gasteiger partial charge is 0.331 e. The Balaban J connectivity index is 0.000000355. The number of alkyl halides is 6. The fraction of sp³-hybridized carbons (Fsp3) is 0.121. The van der Waals surface area contributed by atoms with E-state index < -0.39 is 40.3 Å². The predicted octanol–water partition coefficient (Wildman–Crippen LogP) is 9.37. The van der Waals surface area contributed by atoms with Crippen molar-refractivity contribution < 1.29 is 26.3 Å². The molecule has 2 aliphatic rings. The minimum atomic E-state index is -4.83. The molecular weight excluding hydrogens is 1070 g/mol. The first-order valence-corrected chi connectivity index (χ1v) is 23.0. The summed E-state index contributed by atoms with van der Waals surface area (Å²) in [6.07, 6.45) is -7.86. The van der Waals surface area contributed by atoms with Crippen LogP contribution in [0.15, 0.2) is 65.7 Å². The second kappa shape index (κ2) is 32.0. The Bertz CT molecular complexity index is 4450. The third-order valence-electron chi connectivity index (χ3n) is 9.66. The van der Waals surface area contributed by atoms with Crippen molar-refractivity contribution in [3.05, 3.63) is 94.3 Å². The van der Waals surface area contributed by atoms with Gasteiger partial charge in [-0.05, 0) is 147 Å². The number of benzene rings is 3. The molecule has 3 aromatic carbocycles. The molecule has 1 saturated carbocycles. The van der Waals surface area contributed by atoms with Gasteiger partial charge in [0.2, 0.25) is 0 Å². The highest BCUT2D eigenvalue weighted by Crippen LogP contribution is 2.49.